The van der Waals surface area contributed by atoms with Crippen LogP contribution in [0, 0.1) is 12.8 Å². The minimum atomic E-state index is -0.276. The molecule has 1 fully saturated rings. The molecule has 1 aliphatic rings. The predicted octanol–water partition coefficient (Wildman–Crippen LogP) is 0.503. The van der Waals surface area contributed by atoms with E-state index >= 15 is 0 Å². The van der Waals surface area contributed by atoms with Crippen molar-refractivity contribution in [3.05, 3.63) is 29.4 Å². The number of hydrogen-bond donors (Lipinski definition) is 1. The van der Waals surface area contributed by atoms with E-state index in [0.717, 1.165) is 12.8 Å². The Hall–Kier alpha value is -2.75. The maximum atomic E-state index is 12.6. The summed E-state index contributed by atoms with van der Waals surface area (Å²) in [6, 6.07) is 0. The first-order chi connectivity index (χ1) is 13.1. The standard InChI is InChI=1S/C17H24N6O4/c1-12-14(11-27-20-12)17(25)22-6-3-4-13(8-22)9-23-10-15(19-21-23)16(24)18-5-7-26-2/h10-11,13H,3-9H2,1-2H3,(H,18,24)/t13-/m0/s1. The molecule has 0 saturated carbocycles. The zero-order valence-electron chi connectivity index (χ0n) is 15.6. The molecular formula is C17H24N6O4. The molecule has 1 atom stereocenters. The second kappa shape index (κ2) is 8.76. The average Bonchev–Trinajstić information content (AvgIpc) is 3.30. The van der Waals surface area contributed by atoms with Crippen molar-refractivity contribution in [3.8, 4) is 0 Å². The molecule has 2 aromatic rings. The molecule has 3 heterocycles. The van der Waals surface area contributed by atoms with E-state index in [4.69, 9.17) is 9.26 Å². The van der Waals surface area contributed by atoms with Crippen molar-refractivity contribution in [1.29, 1.82) is 0 Å². The molecular weight excluding hydrogens is 352 g/mol. The molecule has 0 aliphatic carbocycles. The van der Waals surface area contributed by atoms with Crippen LogP contribution in [0.1, 0.15) is 39.4 Å². The van der Waals surface area contributed by atoms with Crippen LogP contribution in [0.25, 0.3) is 0 Å². The van der Waals surface area contributed by atoms with Crippen molar-refractivity contribution in [2.24, 2.45) is 5.92 Å². The highest BCUT2D eigenvalue weighted by molar-refractivity contribution is 5.94. The molecule has 2 amide bonds. The van der Waals surface area contributed by atoms with Crippen molar-refractivity contribution in [2.45, 2.75) is 26.3 Å². The summed E-state index contributed by atoms with van der Waals surface area (Å²) in [4.78, 5) is 26.4. The van der Waals surface area contributed by atoms with Gasteiger partial charge in [-0.2, -0.15) is 0 Å². The fourth-order valence-corrected chi connectivity index (χ4v) is 3.18. The molecule has 0 bridgehead atoms. The quantitative estimate of drug-likeness (QED) is 0.700. The van der Waals surface area contributed by atoms with Crippen LogP contribution in [0.3, 0.4) is 0 Å². The lowest BCUT2D eigenvalue weighted by molar-refractivity contribution is 0.0658. The van der Waals surface area contributed by atoms with Crippen LogP contribution in [0.4, 0.5) is 0 Å². The number of rotatable bonds is 7. The van der Waals surface area contributed by atoms with Crippen LogP contribution in [-0.2, 0) is 11.3 Å². The van der Waals surface area contributed by atoms with Crippen molar-refractivity contribution in [2.75, 3.05) is 33.4 Å². The molecule has 0 radical (unpaired) electrons. The number of nitrogens with one attached hydrogen (secondary N) is 1. The second-order valence-electron chi connectivity index (χ2n) is 6.65. The Morgan fingerprint density at radius 3 is 3.04 bits per heavy atom. The average molecular weight is 376 g/mol. The van der Waals surface area contributed by atoms with Gasteiger partial charge in [-0.25, -0.2) is 0 Å². The van der Waals surface area contributed by atoms with E-state index in [2.05, 4.69) is 20.8 Å². The summed E-state index contributed by atoms with van der Waals surface area (Å²) >= 11 is 0. The molecule has 1 aliphatic heterocycles. The number of nitrogens with zero attached hydrogens (tertiary/aromatic N) is 5. The van der Waals surface area contributed by atoms with E-state index < -0.39 is 0 Å². The molecule has 3 rings (SSSR count). The van der Waals surface area contributed by atoms with Crippen LogP contribution in [-0.4, -0.2) is 70.2 Å². The molecule has 10 heteroatoms. The van der Waals surface area contributed by atoms with Gasteiger partial charge in [-0.1, -0.05) is 10.4 Å². The van der Waals surface area contributed by atoms with Crippen LogP contribution >= 0.6 is 0 Å². The third kappa shape index (κ3) is 4.70. The maximum Gasteiger partial charge on any atom is 0.273 e. The Labute approximate surface area is 156 Å². The van der Waals surface area contributed by atoms with Gasteiger partial charge < -0.3 is 19.5 Å². The monoisotopic (exact) mass is 376 g/mol. The number of methoxy groups -OCH3 is 1. The van der Waals surface area contributed by atoms with Crippen LogP contribution in [0.5, 0.6) is 0 Å². The number of ether oxygens (including phenoxy) is 1. The van der Waals surface area contributed by atoms with Crippen LogP contribution < -0.4 is 5.32 Å². The zero-order valence-corrected chi connectivity index (χ0v) is 15.6. The highest BCUT2D eigenvalue weighted by atomic mass is 16.5. The minimum Gasteiger partial charge on any atom is -0.383 e. The van der Waals surface area contributed by atoms with Crippen LogP contribution in [0.2, 0.25) is 0 Å². The lowest BCUT2D eigenvalue weighted by atomic mass is 9.97. The lowest BCUT2D eigenvalue weighted by Gasteiger charge is -2.32. The molecule has 0 aromatic carbocycles. The number of carbonyl (C=O) groups excluding carboxylic acids is 2. The number of aromatic nitrogens is 4. The van der Waals surface area contributed by atoms with E-state index in [9.17, 15) is 9.59 Å². The summed E-state index contributed by atoms with van der Waals surface area (Å²) in [5, 5.41) is 14.5. The summed E-state index contributed by atoms with van der Waals surface area (Å²) in [7, 11) is 1.57. The molecule has 1 N–H and O–H groups in total. The highest BCUT2D eigenvalue weighted by Crippen LogP contribution is 2.21. The van der Waals surface area contributed by atoms with E-state index in [1.165, 1.54) is 6.26 Å². The minimum absolute atomic E-state index is 0.0600. The van der Waals surface area contributed by atoms with Gasteiger partial charge in [-0.15, -0.1) is 5.10 Å². The SMILES string of the molecule is COCCNC(=O)c1cn(C[C@H]2CCCN(C(=O)c3conc3C)C2)nn1. The summed E-state index contributed by atoms with van der Waals surface area (Å²) in [5.74, 6) is -0.0918. The highest BCUT2D eigenvalue weighted by Gasteiger charge is 2.27. The molecule has 1 saturated heterocycles. The summed E-state index contributed by atoms with van der Waals surface area (Å²) < 4.78 is 11.4. The van der Waals surface area contributed by atoms with E-state index in [-0.39, 0.29) is 23.4 Å². The maximum absolute atomic E-state index is 12.6. The van der Waals surface area contributed by atoms with Crippen molar-refractivity contribution >= 4 is 11.8 Å². The third-order valence-corrected chi connectivity index (χ3v) is 4.59. The van der Waals surface area contributed by atoms with Gasteiger partial charge >= 0.3 is 0 Å². The Morgan fingerprint density at radius 2 is 2.30 bits per heavy atom. The molecule has 27 heavy (non-hydrogen) atoms. The van der Waals surface area contributed by atoms with Gasteiger partial charge in [-0.3, -0.25) is 14.3 Å². The Morgan fingerprint density at radius 1 is 1.44 bits per heavy atom. The Bertz CT molecular complexity index is 786. The first kappa shape index (κ1) is 19.0. The lowest BCUT2D eigenvalue weighted by Crippen LogP contribution is -2.41. The van der Waals surface area contributed by atoms with Gasteiger partial charge in [0, 0.05) is 33.3 Å². The summed E-state index contributed by atoms with van der Waals surface area (Å²) in [5.41, 5.74) is 1.38. The van der Waals surface area contributed by atoms with Gasteiger partial charge in [0.25, 0.3) is 11.8 Å². The number of aryl methyl sites for hydroxylation is 1. The van der Waals surface area contributed by atoms with Gasteiger partial charge in [0.05, 0.1) is 18.5 Å². The number of carbonyl (C=O) groups is 2. The zero-order chi connectivity index (χ0) is 19.2. The molecule has 10 nitrogen and oxygen atoms in total. The molecule has 0 spiro atoms. The Kier molecular flexibility index (Phi) is 6.17. The van der Waals surface area contributed by atoms with Crippen molar-refractivity contribution in [3.63, 3.8) is 0 Å². The van der Waals surface area contributed by atoms with Gasteiger partial charge in [-0.05, 0) is 25.7 Å². The van der Waals surface area contributed by atoms with E-state index in [0.29, 0.717) is 44.0 Å². The largest absolute Gasteiger partial charge is 0.383 e. The van der Waals surface area contributed by atoms with Gasteiger partial charge in [0.2, 0.25) is 0 Å². The van der Waals surface area contributed by atoms with E-state index in [1.54, 1.807) is 24.9 Å². The van der Waals surface area contributed by atoms with Gasteiger partial charge in [0.15, 0.2) is 5.69 Å². The van der Waals surface area contributed by atoms with Gasteiger partial charge in [0.1, 0.15) is 11.8 Å². The Balaban J connectivity index is 1.56. The van der Waals surface area contributed by atoms with Crippen LogP contribution in [0.15, 0.2) is 17.0 Å². The fraction of sp³-hybridized carbons (Fsp3) is 0.588. The fourth-order valence-electron chi connectivity index (χ4n) is 3.18. The normalized spacial score (nSPS) is 17.1. The summed E-state index contributed by atoms with van der Waals surface area (Å²) in [6.45, 7) is 4.56. The second-order valence-corrected chi connectivity index (χ2v) is 6.65. The van der Waals surface area contributed by atoms with E-state index in [1.807, 2.05) is 4.90 Å². The number of likely N-dealkylation sites (tertiary alicyclic amines) is 1. The first-order valence-corrected chi connectivity index (χ1v) is 8.96. The topological polar surface area (TPSA) is 115 Å². The van der Waals surface area contributed by atoms with Crippen molar-refractivity contribution in [1.82, 2.24) is 30.4 Å². The molecule has 146 valence electrons. The first-order valence-electron chi connectivity index (χ1n) is 8.96. The molecule has 0 unspecified atom stereocenters. The number of amides is 2. The number of piperidine rings is 1. The number of hydrogen-bond acceptors (Lipinski definition) is 7. The summed E-state index contributed by atoms with van der Waals surface area (Å²) in [6.07, 6.45) is 4.93. The smallest absolute Gasteiger partial charge is 0.273 e. The predicted molar refractivity (Wildman–Crippen MR) is 94.1 cm³/mol. The third-order valence-electron chi connectivity index (χ3n) is 4.59. The molecule has 2 aromatic heterocycles. The van der Waals surface area contributed by atoms with Crippen molar-refractivity contribution < 1.29 is 18.8 Å².